The van der Waals surface area contributed by atoms with Gasteiger partial charge in [0.2, 0.25) is 5.91 Å². The third-order valence-electron chi connectivity index (χ3n) is 5.06. The van der Waals surface area contributed by atoms with E-state index in [9.17, 15) is 4.79 Å². The molecule has 7 nitrogen and oxygen atoms in total. The predicted molar refractivity (Wildman–Crippen MR) is 130 cm³/mol. The zero-order valence-electron chi connectivity index (χ0n) is 19.5. The molecule has 0 unspecified atom stereocenters. The molecule has 1 amide bonds. The van der Waals surface area contributed by atoms with Gasteiger partial charge in [-0.25, -0.2) is 4.99 Å². The minimum absolute atomic E-state index is 0.000248. The van der Waals surface area contributed by atoms with Gasteiger partial charge in [0, 0.05) is 57.0 Å². The van der Waals surface area contributed by atoms with Crippen LogP contribution in [0.4, 0.5) is 0 Å². The standard InChI is InChI=1S/C23H39N5O2S/c1-19(2)30-16-15-28-13-10-20(11-14-28)26-23(25-18-22(29)27(3)4)24-12-17-31-21-8-6-5-7-9-21/h5-9,19-20H,10-18H2,1-4H3,(H2,24,25,26). The highest BCUT2D eigenvalue weighted by Crippen LogP contribution is 2.15. The fourth-order valence-electron chi connectivity index (χ4n) is 3.21. The van der Waals surface area contributed by atoms with E-state index in [0.29, 0.717) is 6.04 Å². The molecule has 0 spiro atoms. The topological polar surface area (TPSA) is 69.2 Å². The number of benzene rings is 1. The van der Waals surface area contributed by atoms with E-state index in [1.165, 1.54) is 4.90 Å². The molecule has 8 heteroatoms. The molecule has 0 radical (unpaired) electrons. The van der Waals surface area contributed by atoms with Crippen molar-refractivity contribution in [2.24, 2.45) is 4.99 Å². The van der Waals surface area contributed by atoms with Gasteiger partial charge in [-0.3, -0.25) is 4.79 Å². The summed E-state index contributed by atoms with van der Waals surface area (Å²) in [6.45, 7) is 8.95. The summed E-state index contributed by atoms with van der Waals surface area (Å²) in [6.07, 6.45) is 2.40. The van der Waals surface area contributed by atoms with Gasteiger partial charge >= 0.3 is 0 Å². The van der Waals surface area contributed by atoms with E-state index >= 15 is 0 Å². The minimum Gasteiger partial charge on any atom is -0.377 e. The van der Waals surface area contributed by atoms with Crippen molar-refractivity contribution >= 4 is 23.6 Å². The quantitative estimate of drug-likeness (QED) is 0.234. The maximum atomic E-state index is 12.0. The molecule has 1 heterocycles. The van der Waals surface area contributed by atoms with Crippen LogP contribution in [0.5, 0.6) is 0 Å². The molecule has 0 atom stereocenters. The monoisotopic (exact) mass is 449 g/mol. The van der Waals surface area contributed by atoms with Gasteiger partial charge in [-0.1, -0.05) is 18.2 Å². The van der Waals surface area contributed by atoms with E-state index in [0.717, 1.165) is 57.3 Å². The number of piperidine rings is 1. The third kappa shape index (κ3) is 10.9. The summed E-state index contributed by atoms with van der Waals surface area (Å²) >= 11 is 1.81. The maximum absolute atomic E-state index is 12.0. The summed E-state index contributed by atoms with van der Waals surface area (Å²) in [6, 6.07) is 10.7. The molecule has 0 aromatic heterocycles. The molecule has 0 saturated carbocycles. The first-order chi connectivity index (χ1) is 14.9. The molecule has 1 fully saturated rings. The first kappa shape index (κ1) is 25.5. The Bertz CT molecular complexity index is 661. The first-order valence-corrected chi connectivity index (χ1v) is 12.2. The van der Waals surface area contributed by atoms with Crippen molar-refractivity contribution in [2.75, 3.05) is 59.2 Å². The van der Waals surface area contributed by atoms with Crippen molar-refractivity contribution in [1.29, 1.82) is 0 Å². The summed E-state index contributed by atoms with van der Waals surface area (Å²) in [7, 11) is 3.52. The number of thioether (sulfide) groups is 1. The summed E-state index contributed by atoms with van der Waals surface area (Å²) in [5.74, 6) is 1.66. The van der Waals surface area contributed by atoms with Gasteiger partial charge in [-0.15, -0.1) is 11.8 Å². The molecule has 1 saturated heterocycles. The number of likely N-dealkylation sites (tertiary alicyclic amines) is 1. The normalized spacial score (nSPS) is 15.8. The molecule has 1 aliphatic heterocycles. The lowest BCUT2D eigenvalue weighted by Crippen LogP contribution is -2.49. The van der Waals surface area contributed by atoms with Crippen molar-refractivity contribution in [3.8, 4) is 0 Å². The highest BCUT2D eigenvalue weighted by atomic mass is 32.2. The van der Waals surface area contributed by atoms with Crippen molar-refractivity contribution in [3.63, 3.8) is 0 Å². The molecular weight excluding hydrogens is 410 g/mol. The summed E-state index contributed by atoms with van der Waals surface area (Å²) < 4.78 is 5.67. The number of likely N-dealkylation sites (N-methyl/N-ethyl adjacent to an activating group) is 1. The van der Waals surface area contributed by atoms with Crippen molar-refractivity contribution in [3.05, 3.63) is 30.3 Å². The van der Waals surface area contributed by atoms with E-state index < -0.39 is 0 Å². The molecule has 1 aromatic carbocycles. The lowest BCUT2D eigenvalue weighted by Gasteiger charge is -2.33. The van der Waals surface area contributed by atoms with Gasteiger partial charge in [0.05, 0.1) is 12.7 Å². The Hall–Kier alpha value is -1.77. The highest BCUT2D eigenvalue weighted by Gasteiger charge is 2.20. The Balaban J connectivity index is 1.78. The number of nitrogens with zero attached hydrogens (tertiary/aromatic N) is 3. The summed E-state index contributed by atoms with van der Waals surface area (Å²) in [5.41, 5.74) is 0. The molecule has 31 heavy (non-hydrogen) atoms. The fraction of sp³-hybridized carbons (Fsp3) is 0.652. The van der Waals surface area contributed by atoms with Crippen LogP contribution in [0.3, 0.4) is 0 Å². The Morgan fingerprint density at radius 3 is 2.61 bits per heavy atom. The van der Waals surface area contributed by atoms with Crippen molar-refractivity contribution in [2.45, 2.75) is 43.7 Å². The first-order valence-electron chi connectivity index (χ1n) is 11.2. The zero-order valence-corrected chi connectivity index (χ0v) is 20.3. The zero-order chi connectivity index (χ0) is 22.5. The molecule has 2 rings (SSSR count). The number of hydrogen-bond donors (Lipinski definition) is 2. The largest absolute Gasteiger partial charge is 0.377 e. The predicted octanol–water partition coefficient (Wildman–Crippen LogP) is 2.29. The average molecular weight is 450 g/mol. The van der Waals surface area contributed by atoms with Gasteiger partial charge in [-0.2, -0.15) is 0 Å². The van der Waals surface area contributed by atoms with Gasteiger partial charge in [-0.05, 0) is 38.8 Å². The maximum Gasteiger partial charge on any atom is 0.243 e. The van der Waals surface area contributed by atoms with Crippen LogP contribution >= 0.6 is 11.8 Å². The SMILES string of the molecule is CC(C)OCCN1CCC(NC(=NCC(=O)N(C)C)NCCSc2ccccc2)CC1. The number of carbonyl (C=O) groups is 1. The summed E-state index contributed by atoms with van der Waals surface area (Å²) in [5, 5.41) is 6.95. The van der Waals surface area contributed by atoms with E-state index in [1.807, 2.05) is 17.8 Å². The molecule has 174 valence electrons. The average Bonchev–Trinajstić information content (AvgIpc) is 2.76. The third-order valence-corrected chi connectivity index (χ3v) is 6.08. The van der Waals surface area contributed by atoms with Crippen LogP contribution in [0.15, 0.2) is 40.2 Å². The number of guanidine groups is 1. The molecule has 1 aliphatic rings. The van der Waals surface area contributed by atoms with Crippen LogP contribution in [-0.2, 0) is 9.53 Å². The Morgan fingerprint density at radius 2 is 1.97 bits per heavy atom. The Labute approximate surface area is 192 Å². The number of ether oxygens (including phenoxy) is 1. The number of hydrogen-bond acceptors (Lipinski definition) is 5. The molecular formula is C23H39N5O2S. The van der Waals surface area contributed by atoms with Crippen LogP contribution in [-0.4, -0.2) is 93.0 Å². The summed E-state index contributed by atoms with van der Waals surface area (Å²) in [4.78, 5) is 21.8. The number of aliphatic imine (C=N–C) groups is 1. The second-order valence-corrected chi connectivity index (χ2v) is 9.39. The Morgan fingerprint density at radius 1 is 1.26 bits per heavy atom. The number of carbonyl (C=O) groups excluding carboxylic acids is 1. The second-order valence-electron chi connectivity index (χ2n) is 8.22. The fourth-order valence-corrected chi connectivity index (χ4v) is 4.00. The molecule has 0 aliphatic carbocycles. The van der Waals surface area contributed by atoms with Crippen molar-refractivity contribution < 1.29 is 9.53 Å². The van der Waals surface area contributed by atoms with Crippen LogP contribution in [0.1, 0.15) is 26.7 Å². The van der Waals surface area contributed by atoms with Gasteiger partial charge in [0.25, 0.3) is 0 Å². The van der Waals surface area contributed by atoms with E-state index in [-0.39, 0.29) is 18.6 Å². The molecule has 0 bridgehead atoms. The van der Waals surface area contributed by atoms with Gasteiger partial charge in [0.1, 0.15) is 6.54 Å². The van der Waals surface area contributed by atoms with Crippen LogP contribution in [0.25, 0.3) is 0 Å². The second kappa shape index (κ2) is 14.3. The molecule has 2 N–H and O–H groups in total. The number of amides is 1. The van der Waals surface area contributed by atoms with Gasteiger partial charge < -0.3 is 25.2 Å². The highest BCUT2D eigenvalue weighted by molar-refractivity contribution is 7.99. The van der Waals surface area contributed by atoms with E-state index in [2.05, 4.69) is 58.6 Å². The van der Waals surface area contributed by atoms with Crippen LogP contribution < -0.4 is 10.6 Å². The van der Waals surface area contributed by atoms with Crippen LogP contribution in [0.2, 0.25) is 0 Å². The van der Waals surface area contributed by atoms with Crippen LogP contribution in [0, 0.1) is 0 Å². The minimum atomic E-state index is -0.000248. The number of rotatable bonds is 11. The van der Waals surface area contributed by atoms with E-state index in [1.54, 1.807) is 19.0 Å². The smallest absolute Gasteiger partial charge is 0.243 e. The molecule has 1 aromatic rings. The lowest BCUT2D eigenvalue weighted by molar-refractivity contribution is -0.127. The number of nitrogens with one attached hydrogen (secondary N) is 2. The van der Waals surface area contributed by atoms with E-state index in [4.69, 9.17) is 4.74 Å². The lowest BCUT2D eigenvalue weighted by atomic mass is 10.1. The van der Waals surface area contributed by atoms with Crippen molar-refractivity contribution in [1.82, 2.24) is 20.4 Å². The Kier molecular flexibility index (Phi) is 11.8. The van der Waals surface area contributed by atoms with Gasteiger partial charge in [0.15, 0.2) is 5.96 Å².